The van der Waals surface area contributed by atoms with Crippen LogP contribution in [-0.2, 0) is 24.9 Å². The predicted octanol–water partition coefficient (Wildman–Crippen LogP) is 7.47. The van der Waals surface area contributed by atoms with Gasteiger partial charge in [0.05, 0.1) is 5.76 Å². The van der Waals surface area contributed by atoms with Crippen molar-refractivity contribution in [1.82, 2.24) is 14.1 Å². The zero-order chi connectivity index (χ0) is 25.8. The van der Waals surface area contributed by atoms with Crippen molar-refractivity contribution in [3.63, 3.8) is 0 Å². The van der Waals surface area contributed by atoms with Gasteiger partial charge in [-0.1, -0.05) is 77.7 Å². The summed E-state index contributed by atoms with van der Waals surface area (Å²) in [5.41, 5.74) is 7.47. The van der Waals surface area contributed by atoms with Gasteiger partial charge in [-0.05, 0) is 55.9 Å². The normalized spacial score (nSPS) is 11.1. The Morgan fingerprint density at radius 2 is 1.34 bits per heavy atom. The number of aromatic nitrogens is 3. The Bertz CT molecular complexity index is 1700. The van der Waals surface area contributed by atoms with Crippen molar-refractivity contribution < 1.29 is 30.0 Å². The molecule has 0 aliphatic rings. The molecule has 38 heavy (non-hydrogen) atoms. The number of aliphatic hydroxyl groups is 1. The summed E-state index contributed by atoms with van der Waals surface area (Å²) in [5, 5.41) is 9.39. The summed E-state index contributed by atoms with van der Waals surface area (Å²) in [6, 6.07) is 39.2. The second kappa shape index (κ2) is 11.9. The maximum Gasteiger partial charge on any atom is 0.155 e. The minimum absolute atomic E-state index is 0. The molecule has 0 spiro atoms. The third-order valence-electron chi connectivity index (χ3n) is 5.87. The summed E-state index contributed by atoms with van der Waals surface area (Å²) < 4.78 is 4.58. The first kappa shape index (κ1) is 26.8. The molecule has 1 radical (unpaired) electrons. The van der Waals surface area contributed by atoms with Gasteiger partial charge in [-0.15, -0.1) is 6.07 Å². The Morgan fingerprint density at radius 3 is 1.87 bits per heavy atom. The van der Waals surface area contributed by atoms with Gasteiger partial charge in [0.25, 0.3) is 0 Å². The molecule has 3 heterocycles. The molecule has 0 atom stereocenters. The van der Waals surface area contributed by atoms with Crippen LogP contribution in [0.2, 0.25) is 0 Å². The fraction of sp³-hybridized carbons (Fsp3) is 0.0625. The average Bonchev–Trinajstić information content (AvgIpc) is 3.45. The average molecular weight is 677 g/mol. The number of rotatable bonds is 4. The number of fused-ring (bicyclic) bond motifs is 3. The predicted molar refractivity (Wildman–Crippen MR) is 149 cm³/mol. The van der Waals surface area contributed by atoms with Crippen molar-refractivity contribution >= 4 is 27.9 Å². The number of hydrogen-bond acceptors (Lipinski definition) is 3. The Kier molecular flexibility index (Phi) is 8.37. The van der Waals surface area contributed by atoms with E-state index in [2.05, 4.69) is 94.1 Å². The van der Waals surface area contributed by atoms with Crippen LogP contribution in [0.1, 0.15) is 13.8 Å². The molecule has 5 nitrogen and oxygen atoms in total. The maximum absolute atomic E-state index is 10.0. The molecular weight excluding hydrogens is 651 g/mol. The van der Waals surface area contributed by atoms with E-state index in [1.165, 1.54) is 19.9 Å². The number of allylic oxidation sites excluding steroid dienone is 2. The number of benzene rings is 3. The molecule has 3 aromatic heterocycles. The number of carbonyl (C=O) groups excluding carboxylic acids is 1. The number of para-hydroxylation sites is 2. The standard InChI is InChI=1S/C27H18N3.C5H8O2.Ir/c1-4-11-20(12-5-1)25-19-23-26-24(17-10-18-28-26)29(21-13-6-2-7-14-21)27(23)30(25)22-15-8-3-9-16-22;1-4(6)3-5(2)7;/h1-18H;3,6H,1-2H3;/q-1;;/b;4-3-;. The Hall–Kier alpha value is -4.25. The van der Waals surface area contributed by atoms with Crippen LogP contribution in [0.4, 0.5) is 0 Å². The van der Waals surface area contributed by atoms with Gasteiger partial charge in [-0.3, -0.25) is 4.79 Å². The molecule has 3 aromatic carbocycles. The number of pyridine rings is 1. The minimum atomic E-state index is -0.125. The zero-order valence-corrected chi connectivity index (χ0v) is 23.4. The smallest absolute Gasteiger partial charge is 0.155 e. The van der Waals surface area contributed by atoms with Crippen LogP contribution < -0.4 is 0 Å². The van der Waals surface area contributed by atoms with Crippen LogP contribution in [0, 0.1) is 6.07 Å². The van der Waals surface area contributed by atoms with Crippen LogP contribution in [0.5, 0.6) is 0 Å². The summed E-state index contributed by atoms with van der Waals surface area (Å²) in [5.74, 6) is -0.0625. The van der Waals surface area contributed by atoms with Gasteiger partial charge < -0.3 is 19.2 Å². The van der Waals surface area contributed by atoms with Crippen molar-refractivity contribution in [2.45, 2.75) is 13.8 Å². The number of nitrogens with zero attached hydrogens (tertiary/aromatic N) is 3. The fourth-order valence-corrected chi connectivity index (χ4v) is 4.47. The molecule has 1 N–H and O–H groups in total. The number of carbonyl (C=O) groups is 1. The quantitative estimate of drug-likeness (QED) is 0.120. The Balaban J connectivity index is 0.000000375. The number of hydrogen-bond donors (Lipinski definition) is 1. The molecule has 0 fully saturated rings. The third-order valence-corrected chi connectivity index (χ3v) is 5.87. The molecule has 0 amide bonds. The van der Waals surface area contributed by atoms with Gasteiger partial charge in [-0.25, -0.2) is 0 Å². The molecule has 0 unspecified atom stereocenters. The molecule has 6 rings (SSSR count). The summed E-state index contributed by atoms with van der Waals surface area (Å²) in [6.45, 7) is 2.85. The van der Waals surface area contributed by atoms with E-state index in [0.717, 1.165) is 44.7 Å². The van der Waals surface area contributed by atoms with Crippen molar-refractivity contribution in [2.24, 2.45) is 0 Å². The van der Waals surface area contributed by atoms with Crippen LogP contribution >= 0.6 is 0 Å². The van der Waals surface area contributed by atoms with Crippen LogP contribution in [-0.4, -0.2) is 25.0 Å². The molecule has 6 heteroatoms. The molecule has 0 bridgehead atoms. The van der Waals surface area contributed by atoms with Crippen molar-refractivity contribution in [1.29, 1.82) is 0 Å². The molecule has 191 valence electrons. The van der Waals surface area contributed by atoms with Crippen molar-refractivity contribution in [2.75, 3.05) is 0 Å². The van der Waals surface area contributed by atoms with Crippen LogP contribution in [0.3, 0.4) is 0 Å². The first-order chi connectivity index (χ1) is 18.0. The summed E-state index contributed by atoms with van der Waals surface area (Å²) in [7, 11) is 0. The van der Waals surface area contributed by atoms with Gasteiger partial charge in [0.1, 0.15) is 0 Å². The molecule has 0 saturated heterocycles. The summed E-state index contributed by atoms with van der Waals surface area (Å²) in [6.07, 6.45) is 3.02. The fourth-order valence-electron chi connectivity index (χ4n) is 4.47. The molecule has 0 aliphatic carbocycles. The van der Waals surface area contributed by atoms with Gasteiger partial charge in [0.2, 0.25) is 0 Å². The Morgan fingerprint density at radius 1 is 0.789 bits per heavy atom. The van der Waals surface area contributed by atoms with Crippen molar-refractivity contribution in [3.05, 3.63) is 127 Å². The monoisotopic (exact) mass is 677 g/mol. The maximum atomic E-state index is 10.0. The first-order valence-corrected chi connectivity index (χ1v) is 12.0. The van der Waals surface area contributed by atoms with E-state index in [1.54, 1.807) is 0 Å². The van der Waals surface area contributed by atoms with Gasteiger partial charge >= 0.3 is 0 Å². The van der Waals surface area contributed by atoms with Crippen molar-refractivity contribution in [3.8, 4) is 22.6 Å². The third kappa shape index (κ3) is 5.37. The molecule has 0 saturated carbocycles. The molecular formula is C32H26IrN3O2-. The summed E-state index contributed by atoms with van der Waals surface area (Å²) >= 11 is 0. The van der Waals surface area contributed by atoms with E-state index in [-0.39, 0.29) is 31.6 Å². The van der Waals surface area contributed by atoms with E-state index >= 15 is 0 Å². The zero-order valence-electron chi connectivity index (χ0n) is 21.0. The van der Waals surface area contributed by atoms with Crippen LogP contribution in [0.15, 0.2) is 121 Å². The summed E-state index contributed by atoms with van der Waals surface area (Å²) in [4.78, 5) is 14.7. The van der Waals surface area contributed by atoms with E-state index in [0.29, 0.717) is 0 Å². The van der Waals surface area contributed by atoms with E-state index in [4.69, 9.17) is 10.1 Å². The SMILES string of the molecule is CC(=O)/C=C(/C)O.[Ir].[c-]1c(-c2ccccc2)n(-c2ccccc2)c2c1c1ncccc1n2-c1ccccc1. The topological polar surface area (TPSA) is 60.0 Å². The van der Waals surface area contributed by atoms with Gasteiger partial charge in [0.15, 0.2) is 5.78 Å². The number of ketones is 1. The van der Waals surface area contributed by atoms with E-state index < -0.39 is 0 Å². The second-order valence-corrected chi connectivity index (χ2v) is 8.65. The minimum Gasteiger partial charge on any atom is -0.512 e. The molecule has 6 aromatic rings. The van der Waals surface area contributed by atoms with E-state index in [1.807, 2.05) is 30.5 Å². The van der Waals surface area contributed by atoms with E-state index in [9.17, 15) is 4.79 Å². The Labute approximate surface area is 235 Å². The largest absolute Gasteiger partial charge is 0.512 e. The molecule has 0 aliphatic heterocycles. The first-order valence-electron chi connectivity index (χ1n) is 12.0. The van der Waals surface area contributed by atoms with Gasteiger partial charge in [-0.2, -0.15) is 0 Å². The number of aliphatic hydroxyl groups excluding tert-OH is 1. The van der Waals surface area contributed by atoms with Crippen LogP contribution in [0.25, 0.3) is 44.7 Å². The second-order valence-electron chi connectivity index (χ2n) is 8.65. The van der Waals surface area contributed by atoms with Gasteiger partial charge in [0, 0.05) is 60.4 Å².